The van der Waals surface area contributed by atoms with Gasteiger partial charge in [0.2, 0.25) is 10.0 Å². The molecule has 120 valence electrons. The van der Waals surface area contributed by atoms with E-state index in [1.807, 2.05) is 22.9 Å². The van der Waals surface area contributed by atoms with Crippen LogP contribution in [0, 0.1) is 0 Å². The van der Waals surface area contributed by atoms with Gasteiger partial charge in [-0.2, -0.15) is 5.10 Å². The first-order valence-corrected chi connectivity index (χ1v) is 8.97. The number of nitrogens with zero attached hydrogens (tertiary/aromatic N) is 3. The molecule has 8 heteroatoms. The number of aromatic nitrogens is 2. The van der Waals surface area contributed by atoms with Crippen LogP contribution in [0.2, 0.25) is 0 Å². The first-order chi connectivity index (χ1) is 10.6. The Hall–Kier alpha value is -1.64. The Morgan fingerprint density at radius 3 is 3.05 bits per heavy atom. The summed E-state index contributed by atoms with van der Waals surface area (Å²) in [6.07, 6.45) is 3.42. The van der Waals surface area contributed by atoms with E-state index in [0.29, 0.717) is 13.1 Å². The van der Waals surface area contributed by atoms with Crippen LogP contribution in [0.5, 0.6) is 0 Å². The summed E-state index contributed by atoms with van der Waals surface area (Å²) in [6.45, 7) is 4.18. The van der Waals surface area contributed by atoms with E-state index in [-0.39, 0.29) is 11.8 Å². The maximum absolute atomic E-state index is 11.7. The standard InChI is InChI=1S/C14H20N4O3S/c1-2-22(19,20)16-8-13-10-17(11-14-4-3-7-21-14)9-12-5-6-15-18(12)13/h3-7,13,16H,2,8-11H2,1H3. The molecule has 0 saturated carbocycles. The van der Waals surface area contributed by atoms with Crippen molar-refractivity contribution in [2.75, 3.05) is 18.8 Å². The van der Waals surface area contributed by atoms with Gasteiger partial charge in [0.15, 0.2) is 0 Å². The highest BCUT2D eigenvalue weighted by Crippen LogP contribution is 2.21. The van der Waals surface area contributed by atoms with Crippen LogP contribution < -0.4 is 4.72 Å². The van der Waals surface area contributed by atoms with Gasteiger partial charge in [-0.3, -0.25) is 9.58 Å². The summed E-state index contributed by atoms with van der Waals surface area (Å²) in [6, 6.07) is 5.77. The molecule has 1 aliphatic rings. The zero-order valence-electron chi connectivity index (χ0n) is 12.5. The molecule has 0 spiro atoms. The minimum Gasteiger partial charge on any atom is -0.468 e. The van der Waals surface area contributed by atoms with Crippen molar-refractivity contribution < 1.29 is 12.8 Å². The Morgan fingerprint density at radius 1 is 1.45 bits per heavy atom. The van der Waals surface area contributed by atoms with E-state index >= 15 is 0 Å². The van der Waals surface area contributed by atoms with Gasteiger partial charge in [0.05, 0.1) is 30.3 Å². The number of fused-ring (bicyclic) bond motifs is 1. The molecule has 3 heterocycles. The molecule has 1 unspecified atom stereocenters. The van der Waals surface area contributed by atoms with Crippen LogP contribution in [0.4, 0.5) is 0 Å². The summed E-state index contributed by atoms with van der Waals surface area (Å²) in [4.78, 5) is 2.24. The van der Waals surface area contributed by atoms with Crippen molar-refractivity contribution in [3.63, 3.8) is 0 Å². The molecule has 0 bridgehead atoms. The van der Waals surface area contributed by atoms with Crippen LogP contribution >= 0.6 is 0 Å². The molecule has 0 fully saturated rings. The number of hydrogen-bond donors (Lipinski definition) is 1. The molecule has 1 N–H and O–H groups in total. The third-order valence-corrected chi connectivity index (χ3v) is 5.20. The summed E-state index contributed by atoms with van der Waals surface area (Å²) in [5.74, 6) is 0.989. The quantitative estimate of drug-likeness (QED) is 0.856. The lowest BCUT2D eigenvalue weighted by Gasteiger charge is -2.33. The largest absolute Gasteiger partial charge is 0.468 e. The minimum absolute atomic E-state index is 0.0185. The average molecular weight is 324 g/mol. The summed E-state index contributed by atoms with van der Waals surface area (Å²) in [5.41, 5.74) is 1.08. The van der Waals surface area contributed by atoms with Crippen molar-refractivity contribution in [2.45, 2.75) is 26.1 Å². The second kappa shape index (κ2) is 6.23. The molecule has 22 heavy (non-hydrogen) atoms. The van der Waals surface area contributed by atoms with E-state index < -0.39 is 10.0 Å². The number of hydrogen-bond acceptors (Lipinski definition) is 5. The molecular formula is C14H20N4O3S. The molecule has 0 radical (unpaired) electrons. The lowest BCUT2D eigenvalue weighted by Crippen LogP contribution is -2.42. The fourth-order valence-electron chi connectivity index (χ4n) is 2.68. The van der Waals surface area contributed by atoms with Crippen LogP contribution in [0.25, 0.3) is 0 Å². The number of nitrogens with one attached hydrogen (secondary N) is 1. The van der Waals surface area contributed by atoms with Crippen LogP contribution in [0.15, 0.2) is 35.1 Å². The average Bonchev–Trinajstić information content (AvgIpc) is 3.16. The second-order valence-corrected chi connectivity index (χ2v) is 7.52. The van der Waals surface area contributed by atoms with Crippen molar-refractivity contribution in [2.24, 2.45) is 0 Å². The fraction of sp³-hybridized carbons (Fsp3) is 0.500. The lowest BCUT2D eigenvalue weighted by atomic mass is 10.2. The third-order valence-electron chi connectivity index (χ3n) is 3.83. The van der Waals surface area contributed by atoms with Gasteiger partial charge in [0.1, 0.15) is 5.76 Å². The lowest BCUT2D eigenvalue weighted by molar-refractivity contribution is 0.157. The minimum atomic E-state index is -3.20. The van der Waals surface area contributed by atoms with Gasteiger partial charge in [0.25, 0.3) is 0 Å². The normalized spacial score (nSPS) is 19.2. The van der Waals surface area contributed by atoms with E-state index in [2.05, 4.69) is 14.7 Å². The van der Waals surface area contributed by atoms with E-state index in [1.165, 1.54) is 0 Å². The van der Waals surface area contributed by atoms with Gasteiger partial charge in [-0.1, -0.05) is 0 Å². The van der Waals surface area contributed by atoms with Crippen LogP contribution in [0.1, 0.15) is 24.4 Å². The Kier molecular flexibility index (Phi) is 4.32. The fourth-order valence-corrected chi connectivity index (χ4v) is 3.33. The molecule has 1 atom stereocenters. The third kappa shape index (κ3) is 3.40. The number of rotatable bonds is 6. The molecule has 2 aromatic heterocycles. The van der Waals surface area contributed by atoms with Gasteiger partial charge in [-0.15, -0.1) is 0 Å². The van der Waals surface area contributed by atoms with Crippen LogP contribution in [-0.2, 0) is 23.1 Å². The predicted molar refractivity (Wildman–Crippen MR) is 81.5 cm³/mol. The van der Waals surface area contributed by atoms with Gasteiger partial charge < -0.3 is 4.42 Å². The summed E-state index contributed by atoms with van der Waals surface area (Å²) in [5, 5.41) is 4.33. The van der Waals surface area contributed by atoms with Crippen LogP contribution in [-0.4, -0.2) is 41.9 Å². The van der Waals surface area contributed by atoms with Crippen LogP contribution in [0.3, 0.4) is 0 Å². The van der Waals surface area contributed by atoms with Gasteiger partial charge >= 0.3 is 0 Å². The van der Waals surface area contributed by atoms with E-state index in [0.717, 1.165) is 24.5 Å². The zero-order chi connectivity index (χ0) is 15.6. The Balaban J connectivity index is 1.72. The molecule has 1 aliphatic heterocycles. The monoisotopic (exact) mass is 324 g/mol. The number of furan rings is 1. The smallest absolute Gasteiger partial charge is 0.211 e. The molecule has 2 aromatic rings. The summed E-state index contributed by atoms with van der Waals surface area (Å²) in [7, 11) is -3.20. The molecule has 0 saturated heterocycles. The van der Waals surface area contributed by atoms with Crippen molar-refractivity contribution in [1.82, 2.24) is 19.4 Å². The Bertz CT molecular complexity index is 708. The molecule has 0 aliphatic carbocycles. The zero-order valence-corrected chi connectivity index (χ0v) is 13.3. The predicted octanol–water partition coefficient (Wildman–Crippen LogP) is 0.972. The number of sulfonamides is 1. The highest BCUT2D eigenvalue weighted by atomic mass is 32.2. The first-order valence-electron chi connectivity index (χ1n) is 7.32. The summed E-state index contributed by atoms with van der Waals surface area (Å²) < 4.78 is 33.3. The van der Waals surface area contributed by atoms with Gasteiger partial charge in [-0.05, 0) is 25.1 Å². The van der Waals surface area contributed by atoms with Crippen molar-refractivity contribution in [1.29, 1.82) is 0 Å². The topological polar surface area (TPSA) is 80.4 Å². The Morgan fingerprint density at radius 2 is 2.32 bits per heavy atom. The maximum Gasteiger partial charge on any atom is 0.211 e. The Labute approximate surface area is 130 Å². The maximum atomic E-state index is 11.7. The SMILES string of the molecule is CCS(=O)(=O)NCC1CN(Cc2ccco2)Cc2ccnn21. The highest BCUT2D eigenvalue weighted by Gasteiger charge is 2.26. The van der Waals surface area contributed by atoms with E-state index in [4.69, 9.17) is 4.42 Å². The van der Waals surface area contributed by atoms with Gasteiger partial charge in [-0.25, -0.2) is 13.1 Å². The first kappa shape index (κ1) is 15.3. The molecule has 0 amide bonds. The molecule has 7 nitrogen and oxygen atoms in total. The highest BCUT2D eigenvalue weighted by molar-refractivity contribution is 7.89. The molecule has 3 rings (SSSR count). The van der Waals surface area contributed by atoms with Gasteiger partial charge in [0, 0.05) is 25.8 Å². The van der Waals surface area contributed by atoms with E-state index in [1.54, 1.807) is 19.4 Å². The van der Waals surface area contributed by atoms with E-state index in [9.17, 15) is 8.42 Å². The molecular weight excluding hydrogens is 304 g/mol. The van der Waals surface area contributed by atoms with Crippen molar-refractivity contribution in [3.8, 4) is 0 Å². The summed E-state index contributed by atoms with van der Waals surface area (Å²) >= 11 is 0. The van der Waals surface area contributed by atoms with Crippen molar-refractivity contribution in [3.05, 3.63) is 42.1 Å². The molecule has 0 aromatic carbocycles. The van der Waals surface area contributed by atoms with Crippen molar-refractivity contribution >= 4 is 10.0 Å². The second-order valence-electron chi connectivity index (χ2n) is 5.42.